The smallest absolute Gasteiger partial charge is 0.407 e. The summed E-state index contributed by atoms with van der Waals surface area (Å²) in [6.45, 7) is 1.84. The fourth-order valence-corrected chi connectivity index (χ4v) is 3.81. The van der Waals surface area contributed by atoms with Crippen molar-refractivity contribution in [3.05, 3.63) is 83.4 Å². The average molecular weight is 403 g/mol. The minimum absolute atomic E-state index is 0.0445. The molecule has 0 radical (unpaired) electrons. The first-order valence-corrected chi connectivity index (χ1v) is 9.66. The van der Waals surface area contributed by atoms with Crippen LogP contribution < -0.4 is 5.32 Å². The molecule has 30 heavy (non-hydrogen) atoms. The predicted molar refractivity (Wildman–Crippen MR) is 110 cm³/mol. The Labute approximate surface area is 173 Å². The van der Waals surface area contributed by atoms with Gasteiger partial charge in [-0.1, -0.05) is 48.5 Å². The van der Waals surface area contributed by atoms with Gasteiger partial charge >= 0.3 is 12.1 Å². The van der Waals surface area contributed by atoms with Gasteiger partial charge in [-0.05, 0) is 35.2 Å². The lowest BCUT2D eigenvalue weighted by Gasteiger charge is -2.17. The molecule has 1 aromatic heterocycles. The molecular formula is C23H21N3O4. The highest BCUT2D eigenvalue weighted by Gasteiger charge is 2.29. The van der Waals surface area contributed by atoms with E-state index in [1.54, 1.807) is 19.2 Å². The molecule has 0 saturated heterocycles. The molecular weight excluding hydrogens is 382 g/mol. The van der Waals surface area contributed by atoms with Gasteiger partial charge in [0.2, 0.25) is 0 Å². The van der Waals surface area contributed by atoms with E-state index >= 15 is 0 Å². The zero-order valence-electron chi connectivity index (χ0n) is 16.4. The summed E-state index contributed by atoms with van der Waals surface area (Å²) in [7, 11) is 0. The quantitative estimate of drug-likeness (QED) is 0.655. The van der Waals surface area contributed by atoms with Gasteiger partial charge in [0.15, 0.2) is 0 Å². The minimum Gasteiger partial charge on any atom is -0.480 e. The number of alkyl carbamates (subject to hydrolysis) is 1. The molecule has 3 aromatic rings. The van der Waals surface area contributed by atoms with Crippen LogP contribution in [0.15, 0.2) is 60.8 Å². The van der Waals surface area contributed by atoms with Crippen molar-refractivity contribution in [2.75, 3.05) is 6.61 Å². The average Bonchev–Trinajstić information content (AvgIpc) is 3.06. The Balaban J connectivity index is 1.43. The molecule has 2 N–H and O–H groups in total. The Morgan fingerprint density at radius 1 is 1.07 bits per heavy atom. The van der Waals surface area contributed by atoms with Crippen molar-refractivity contribution in [2.24, 2.45) is 0 Å². The minimum atomic E-state index is -1.15. The number of hydrogen-bond donors (Lipinski definition) is 2. The number of hydrogen-bond acceptors (Lipinski definition) is 5. The largest absolute Gasteiger partial charge is 0.480 e. The molecule has 1 aliphatic rings. The molecule has 1 amide bonds. The van der Waals surface area contributed by atoms with Gasteiger partial charge in [0.25, 0.3) is 0 Å². The lowest BCUT2D eigenvalue weighted by Crippen LogP contribution is -2.43. The van der Waals surface area contributed by atoms with Gasteiger partial charge in [0.05, 0.1) is 0 Å². The highest BCUT2D eigenvalue weighted by molar-refractivity contribution is 5.81. The maximum atomic E-state index is 12.4. The second kappa shape index (κ2) is 8.32. The number of carboxylic acid groups (broad SMARTS) is 1. The number of aliphatic carboxylic acids is 1. The van der Waals surface area contributed by atoms with Crippen molar-refractivity contribution in [3.8, 4) is 11.1 Å². The Morgan fingerprint density at radius 3 is 2.30 bits per heavy atom. The Morgan fingerprint density at radius 2 is 1.70 bits per heavy atom. The van der Waals surface area contributed by atoms with Crippen LogP contribution in [0.3, 0.4) is 0 Å². The van der Waals surface area contributed by atoms with Gasteiger partial charge < -0.3 is 15.2 Å². The summed E-state index contributed by atoms with van der Waals surface area (Å²) in [5.74, 6) is -0.700. The maximum absolute atomic E-state index is 12.4. The fourth-order valence-electron chi connectivity index (χ4n) is 3.81. The van der Waals surface area contributed by atoms with Gasteiger partial charge in [-0.3, -0.25) is 0 Å². The Hall–Kier alpha value is -3.74. The summed E-state index contributed by atoms with van der Waals surface area (Å²) in [5.41, 5.74) is 4.98. The van der Waals surface area contributed by atoms with Crippen molar-refractivity contribution < 1.29 is 19.4 Å². The summed E-state index contributed by atoms with van der Waals surface area (Å²) in [6, 6.07) is 16.5. The van der Waals surface area contributed by atoms with Gasteiger partial charge in [-0.25, -0.2) is 19.6 Å². The van der Waals surface area contributed by atoms with E-state index in [9.17, 15) is 14.7 Å². The van der Waals surface area contributed by atoms with E-state index in [1.165, 1.54) is 0 Å². The SMILES string of the molecule is Cc1nccc(CC(NC(=O)OCC2c3ccccc3-c3ccccc32)C(=O)O)n1. The standard InChI is InChI=1S/C23H21N3O4/c1-14-24-11-10-15(25-14)12-21(22(27)28)26-23(29)30-13-20-18-8-4-2-6-16(18)17-7-3-5-9-19(17)20/h2-11,20-21H,12-13H2,1H3,(H,26,29)(H,27,28). The number of ether oxygens (including phenoxy) is 1. The number of rotatable bonds is 6. The number of aromatic nitrogens is 2. The van der Waals surface area contributed by atoms with Gasteiger partial charge in [-0.15, -0.1) is 0 Å². The highest BCUT2D eigenvalue weighted by Crippen LogP contribution is 2.44. The predicted octanol–water partition coefficient (Wildman–Crippen LogP) is 3.32. The lowest BCUT2D eigenvalue weighted by molar-refractivity contribution is -0.139. The molecule has 1 aliphatic carbocycles. The van der Waals surface area contributed by atoms with Crippen molar-refractivity contribution >= 4 is 12.1 Å². The first-order valence-electron chi connectivity index (χ1n) is 9.66. The number of carboxylic acids is 1. The monoisotopic (exact) mass is 403 g/mol. The summed E-state index contributed by atoms with van der Waals surface area (Å²) < 4.78 is 5.44. The summed E-state index contributed by atoms with van der Waals surface area (Å²) >= 11 is 0. The molecule has 1 unspecified atom stereocenters. The first kappa shape index (κ1) is 19.6. The van der Waals surface area contributed by atoms with E-state index in [0.29, 0.717) is 11.5 Å². The summed E-state index contributed by atoms with van der Waals surface area (Å²) in [4.78, 5) is 32.2. The summed E-state index contributed by atoms with van der Waals surface area (Å²) in [6.07, 6.45) is 0.835. The van der Waals surface area contributed by atoms with Crippen molar-refractivity contribution in [1.29, 1.82) is 0 Å². The van der Waals surface area contributed by atoms with Gasteiger partial charge in [0.1, 0.15) is 18.5 Å². The van der Waals surface area contributed by atoms with Crippen LogP contribution in [0.2, 0.25) is 0 Å². The van der Waals surface area contributed by atoms with Crippen LogP contribution in [0.25, 0.3) is 11.1 Å². The van der Waals surface area contributed by atoms with E-state index in [0.717, 1.165) is 22.3 Å². The zero-order chi connectivity index (χ0) is 21.1. The molecule has 7 nitrogen and oxygen atoms in total. The maximum Gasteiger partial charge on any atom is 0.407 e. The van der Waals surface area contributed by atoms with E-state index in [-0.39, 0.29) is 18.9 Å². The van der Waals surface area contributed by atoms with Crippen molar-refractivity contribution in [1.82, 2.24) is 15.3 Å². The van der Waals surface area contributed by atoms with E-state index in [2.05, 4.69) is 27.4 Å². The van der Waals surface area contributed by atoms with Crippen LogP contribution in [0.1, 0.15) is 28.6 Å². The topological polar surface area (TPSA) is 101 Å². The molecule has 1 heterocycles. The Kier molecular flexibility index (Phi) is 5.43. The number of nitrogens with one attached hydrogen (secondary N) is 1. The Bertz CT molecular complexity index is 1050. The van der Waals surface area contributed by atoms with Crippen LogP contribution in [-0.2, 0) is 16.0 Å². The van der Waals surface area contributed by atoms with Crippen LogP contribution in [0, 0.1) is 6.92 Å². The molecule has 0 bridgehead atoms. The fraction of sp³-hybridized carbons (Fsp3) is 0.217. The van der Waals surface area contributed by atoms with Crippen molar-refractivity contribution in [3.63, 3.8) is 0 Å². The van der Waals surface area contributed by atoms with Gasteiger partial charge in [-0.2, -0.15) is 0 Å². The van der Waals surface area contributed by atoms with E-state index < -0.39 is 18.1 Å². The molecule has 4 rings (SSSR count). The lowest BCUT2D eigenvalue weighted by atomic mass is 9.98. The highest BCUT2D eigenvalue weighted by atomic mass is 16.5. The third kappa shape index (κ3) is 4.00. The number of amides is 1. The third-order valence-corrected chi connectivity index (χ3v) is 5.18. The van der Waals surface area contributed by atoms with E-state index in [4.69, 9.17) is 4.74 Å². The molecule has 0 fully saturated rings. The number of fused-ring (bicyclic) bond motifs is 3. The summed E-state index contributed by atoms with van der Waals surface area (Å²) in [5, 5.41) is 11.9. The number of benzene rings is 2. The molecule has 0 spiro atoms. The number of aryl methyl sites for hydroxylation is 1. The second-order valence-corrected chi connectivity index (χ2v) is 7.16. The molecule has 2 aromatic carbocycles. The zero-order valence-corrected chi connectivity index (χ0v) is 16.4. The molecule has 7 heteroatoms. The van der Waals surface area contributed by atoms with E-state index in [1.807, 2.05) is 36.4 Å². The van der Waals surface area contributed by atoms with Crippen molar-refractivity contribution in [2.45, 2.75) is 25.3 Å². The molecule has 0 saturated carbocycles. The van der Waals surface area contributed by atoms with Crippen LogP contribution in [0.5, 0.6) is 0 Å². The molecule has 1 atom stereocenters. The number of carbonyl (C=O) groups excluding carboxylic acids is 1. The van der Waals surface area contributed by atoms with Crippen LogP contribution in [0.4, 0.5) is 4.79 Å². The third-order valence-electron chi connectivity index (χ3n) is 5.18. The number of nitrogens with zero attached hydrogens (tertiary/aromatic N) is 2. The van der Waals surface area contributed by atoms with Crippen LogP contribution in [-0.4, -0.2) is 39.8 Å². The molecule has 152 valence electrons. The first-order chi connectivity index (χ1) is 14.5. The normalized spacial score (nSPS) is 13.2. The van der Waals surface area contributed by atoms with Crippen LogP contribution >= 0.6 is 0 Å². The molecule has 0 aliphatic heterocycles. The second-order valence-electron chi connectivity index (χ2n) is 7.16. The number of carbonyl (C=O) groups is 2. The van der Waals surface area contributed by atoms with Gasteiger partial charge in [0, 0.05) is 24.2 Å².